The molecule has 0 bridgehead atoms. The molecule has 0 saturated heterocycles. The number of nitrogens with one attached hydrogen (secondary N) is 3. The van der Waals surface area contributed by atoms with E-state index in [9.17, 15) is 4.79 Å². The van der Waals surface area contributed by atoms with E-state index >= 15 is 0 Å². The van der Waals surface area contributed by atoms with E-state index in [1.165, 1.54) is 0 Å². The minimum Gasteiger partial charge on any atom is -0.361 e. The first-order valence-corrected chi connectivity index (χ1v) is 6.61. The van der Waals surface area contributed by atoms with Crippen molar-refractivity contribution in [3.8, 4) is 0 Å². The zero-order valence-electron chi connectivity index (χ0n) is 11.1. The maximum absolute atomic E-state index is 12.3. The number of H-pyrrole nitrogens is 2. The lowest BCUT2D eigenvalue weighted by Crippen LogP contribution is -2.11. The summed E-state index contributed by atoms with van der Waals surface area (Å²) in [5.41, 5.74) is 3.29. The molecule has 2 aromatic carbocycles. The van der Waals surface area contributed by atoms with E-state index in [0.717, 1.165) is 27.5 Å². The standard InChI is InChI=1S/C16H12N4O/c21-16(11-2-4-14-10(7-11)5-6-17-14)19-13-3-1-12-9-18-20-15(12)8-13/h1-9,17H,(H,18,20)(H,19,21). The first kappa shape index (κ1) is 11.7. The molecule has 0 aliphatic carbocycles. The molecule has 3 N–H and O–H groups in total. The van der Waals surface area contributed by atoms with E-state index in [4.69, 9.17) is 0 Å². The van der Waals surface area contributed by atoms with Crippen LogP contribution in [-0.2, 0) is 0 Å². The Kier molecular flexibility index (Phi) is 2.50. The van der Waals surface area contributed by atoms with Crippen LogP contribution in [0.2, 0.25) is 0 Å². The lowest BCUT2D eigenvalue weighted by Gasteiger charge is -2.05. The Morgan fingerprint density at radius 1 is 1.00 bits per heavy atom. The second-order valence-corrected chi connectivity index (χ2v) is 4.91. The molecular formula is C16H12N4O. The molecule has 2 heterocycles. The van der Waals surface area contributed by atoms with Crippen LogP contribution in [0.5, 0.6) is 0 Å². The quantitative estimate of drug-likeness (QED) is 0.525. The third-order valence-corrected chi connectivity index (χ3v) is 3.52. The predicted molar refractivity (Wildman–Crippen MR) is 82.3 cm³/mol. The average molecular weight is 276 g/mol. The van der Waals surface area contributed by atoms with Gasteiger partial charge in [-0.3, -0.25) is 9.89 Å². The molecule has 0 saturated carbocycles. The van der Waals surface area contributed by atoms with Crippen LogP contribution in [-0.4, -0.2) is 21.1 Å². The Bertz CT molecular complexity index is 951. The van der Waals surface area contributed by atoms with Gasteiger partial charge in [-0.25, -0.2) is 0 Å². The van der Waals surface area contributed by atoms with Crippen molar-refractivity contribution in [1.29, 1.82) is 0 Å². The second kappa shape index (κ2) is 4.49. The van der Waals surface area contributed by atoms with Gasteiger partial charge in [0.1, 0.15) is 0 Å². The Balaban J connectivity index is 1.64. The van der Waals surface area contributed by atoms with E-state index in [2.05, 4.69) is 20.5 Å². The molecule has 1 amide bonds. The highest BCUT2D eigenvalue weighted by Gasteiger charge is 2.08. The summed E-state index contributed by atoms with van der Waals surface area (Å²) in [7, 11) is 0. The van der Waals surface area contributed by atoms with Gasteiger partial charge in [0.15, 0.2) is 0 Å². The summed E-state index contributed by atoms with van der Waals surface area (Å²) in [6.45, 7) is 0. The van der Waals surface area contributed by atoms with Crippen molar-refractivity contribution in [2.45, 2.75) is 0 Å². The van der Waals surface area contributed by atoms with Crippen molar-refractivity contribution in [2.24, 2.45) is 0 Å². The molecule has 0 aliphatic heterocycles. The van der Waals surface area contributed by atoms with Crippen molar-refractivity contribution in [2.75, 3.05) is 5.32 Å². The van der Waals surface area contributed by atoms with Crippen molar-refractivity contribution < 1.29 is 4.79 Å². The van der Waals surface area contributed by atoms with Gasteiger partial charge in [0, 0.05) is 33.7 Å². The van der Waals surface area contributed by atoms with Crippen LogP contribution in [0.25, 0.3) is 21.8 Å². The molecule has 0 atom stereocenters. The summed E-state index contributed by atoms with van der Waals surface area (Å²) in [6.07, 6.45) is 3.61. The smallest absolute Gasteiger partial charge is 0.255 e. The summed E-state index contributed by atoms with van der Waals surface area (Å²) < 4.78 is 0. The molecule has 4 rings (SSSR count). The number of aromatic amines is 2. The number of nitrogens with zero attached hydrogens (tertiary/aromatic N) is 1. The molecule has 0 spiro atoms. The van der Waals surface area contributed by atoms with Crippen LogP contribution in [0.1, 0.15) is 10.4 Å². The number of fused-ring (bicyclic) bond motifs is 2. The van der Waals surface area contributed by atoms with E-state index in [1.54, 1.807) is 6.20 Å². The van der Waals surface area contributed by atoms with Crippen molar-refractivity contribution in [3.05, 3.63) is 60.4 Å². The van der Waals surface area contributed by atoms with E-state index in [1.807, 2.05) is 48.7 Å². The van der Waals surface area contributed by atoms with Crippen LogP contribution in [0.3, 0.4) is 0 Å². The monoisotopic (exact) mass is 276 g/mol. The minimum atomic E-state index is -0.128. The lowest BCUT2D eigenvalue weighted by atomic mass is 10.1. The van der Waals surface area contributed by atoms with E-state index in [-0.39, 0.29) is 5.91 Å². The minimum absolute atomic E-state index is 0.128. The van der Waals surface area contributed by atoms with Gasteiger partial charge in [-0.2, -0.15) is 5.10 Å². The fourth-order valence-corrected chi connectivity index (χ4v) is 2.41. The van der Waals surface area contributed by atoms with Gasteiger partial charge in [0.05, 0.1) is 11.7 Å². The SMILES string of the molecule is O=C(Nc1ccc2cn[nH]c2c1)c1ccc2[nH]ccc2c1. The highest BCUT2D eigenvalue weighted by molar-refractivity contribution is 6.06. The summed E-state index contributed by atoms with van der Waals surface area (Å²) in [4.78, 5) is 15.4. The molecule has 4 aromatic rings. The van der Waals surface area contributed by atoms with Crippen LogP contribution in [0, 0.1) is 0 Å². The molecule has 0 fully saturated rings. The number of anilines is 1. The van der Waals surface area contributed by atoms with E-state index < -0.39 is 0 Å². The maximum Gasteiger partial charge on any atom is 0.255 e. The highest BCUT2D eigenvalue weighted by Crippen LogP contribution is 2.19. The molecule has 5 heteroatoms. The topological polar surface area (TPSA) is 73.6 Å². The Labute approximate surface area is 120 Å². The summed E-state index contributed by atoms with van der Waals surface area (Å²) in [5.74, 6) is -0.128. The number of benzene rings is 2. The maximum atomic E-state index is 12.3. The third kappa shape index (κ3) is 2.04. The number of rotatable bonds is 2. The van der Waals surface area contributed by atoms with Gasteiger partial charge in [-0.1, -0.05) is 0 Å². The second-order valence-electron chi connectivity index (χ2n) is 4.91. The van der Waals surface area contributed by atoms with Crippen LogP contribution >= 0.6 is 0 Å². The van der Waals surface area contributed by atoms with Crippen LogP contribution in [0.15, 0.2) is 54.9 Å². The predicted octanol–water partition coefficient (Wildman–Crippen LogP) is 3.30. The zero-order chi connectivity index (χ0) is 14.2. The van der Waals surface area contributed by atoms with Crippen molar-refractivity contribution in [3.63, 3.8) is 0 Å². The largest absolute Gasteiger partial charge is 0.361 e. The number of amides is 1. The number of hydrogen-bond acceptors (Lipinski definition) is 2. The number of carbonyl (C=O) groups excluding carboxylic acids is 1. The van der Waals surface area contributed by atoms with Gasteiger partial charge in [-0.15, -0.1) is 0 Å². The molecule has 2 aromatic heterocycles. The first-order chi connectivity index (χ1) is 10.3. The normalized spacial score (nSPS) is 11.0. The fourth-order valence-electron chi connectivity index (χ4n) is 2.41. The molecule has 0 radical (unpaired) electrons. The number of aromatic nitrogens is 3. The Hall–Kier alpha value is -3.08. The van der Waals surface area contributed by atoms with Crippen LogP contribution in [0.4, 0.5) is 5.69 Å². The third-order valence-electron chi connectivity index (χ3n) is 3.52. The number of carbonyl (C=O) groups is 1. The molecule has 0 aliphatic rings. The van der Waals surface area contributed by atoms with Crippen molar-refractivity contribution in [1.82, 2.24) is 15.2 Å². The Morgan fingerprint density at radius 3 is 2.90 bits per heavy atom. The molecule has 5 nitrogen and oxygen atoms in total. The molecule has 102 valence electrons. The molecular weight excluding hydrogens is 264 g/mol. The zero-order valence-corrected chi connectivity index (χ0v) is 11.1. The average Bonchev–Trinajstić information content (AvgIpc) is 3.14. The first-order valence-electron chi connectivity index (χ1n) is 6.61. The molecule has 21 heavy (non-hydrogen) atoms. The van der Waals surface area contributed by atoms with Gasteiger partial charge >= 0.3 is 0 Å². The summed E-state index contributed by atoms with van der Waals surface area (Å²) >= 11 is 0. The van der Waals surface area contributed by atoms with E-state index in [0.29, 0.717) is 5.56 Å². The summed E-state index contributed by atoms with van der Waals surface area (Å²) in [5, 5.41) is 11.8. The fraction of sp³-hybridized carbons (Fsp3) is 0. The Morgan fingerprint density at radius 2 is 1.95 bits per heavy atom. The van der Waals surface area contributed by atoms with Gasteiger partial charge in [-0.05, 0) is 42.5 Å². The van der Waals surface area contributed by atoms with Gasteiger partial charge in [0.25, 0.3) is 5.91 Å². The van der Waals surface area contributed by atoms with Gasteiger partial charge in [0.2, 0.25) is 0 Å². The number of hydrogen-bond donors (Lipinski definition) is 3. The van der Waals surface area contributed by atoms with Crippen molar-refractivity contribution >= 4 is 33.4 Å². The summed E-state index contributed by atoms with van der Waals surface area (Å²) in [6, 6.07) is 13.2. The van der Waals surface area contributed by atoms with Crippen LogP contribution < -0.4 is 5.32 Å². The molecule has 0 unspecified atom stereocenters. The van der Waals surface area contributed by atoms with Gasteiger partial charge < -0.3 is 10.3 Å². The highest BCUT2D eigenvalue weighted by atomic mass is 16.1. The lowest BCUT2D eigenvalue weighted by molar-refractivity contribution is 0.102.